The van der Waals surface area contributed by atoms with Crippen molar-refractivity contribution in [1.82, 2.24) is 19.2 Å². The summed E-state index contributed by atoms with van der Waals surface area (Å²) in [6, 6.07) is 14.2. The number of likely N-dealkylation sites (tertiary alicyclic amines) is 1. The molecule has 30 heavy (non-hydrogen) atoms. The topological polar surface area (TPSA) is 61.1 Å². The standard InChI is InChI=1S/C24H30N4O2/c1-18-8-6-14-28-21(17-27-13-7-11-20(29)16-27)22(25-23(18)28)24(30)26(2)15-12-19-9-4-3-5-10-19/h3-6,8-10,14,20,29H,7,11-13,15-17H2,1-2H3/t20-/m0/s1. The van der Waals surface area contributed by atoms with Crippen LogP contribution in [0.3, 0.4) is 0 Å². The Hall–Kier alpha value is -2.70. The fraction of sp³-hybridized carbons (Fsp3) is 0.417. The number of hydrogen-bond acceptors (Lipinski definition) is 4. The fourth-order valence-corrected chi connectivity index (χ4v) is 4.19. The van der Waals surface area contributed by atoms with Gasteiger partial charge in [0.25, 0.3) is 5.91 Å². The highest BCUT2D eigenvalue weighted by Gasteiger charge is 2.26. The minimum Gasteiger partial charge on any atom is -0.392 e. The van der Waals surface area contributed by atoms with Gasteiger partial charge in [0.15, 0.2) is 5.69 Å². The van der Waals surface area contributed by atoms with Gasteiger partial charge in [-0.3, -0.25) is 9.69 Å². The number of aromatic nitrogens is 2. The van der Waals surface area contributed by atoms with Crippen LogP contribution in [-0.2, 0) is 13.0 Å². The number of likely N-dealkylation sites (N-methyl/N-ethyl adjacent to an activating group) is 1. The summed E-state index contributed by atoms with van der Waals surface area (Å²) in [4.78, 5) is 22.1. The van der Waals surface area contributed by atoms with E-state index in [2.05, 4.69) is 17.0 Å². The van der Waals surface area contributed by atoms with Crippen LogP contribution in [0.4, 0.5) is 0 Å². The lowest BCUT2D eigenvalue weighted by atomic mass is 10.1. The Kier molecular flexibility index (Phi) is 6.16. The molecule has 6 heteroatoms. The van der Waals surface area contributed by atoms with E-state index in [1.807, 2.05) is 54.9 Å². The van der Waals surface area contributed by atoms with E-state index < -0.39 is 0 Å². The molecule has 0 saturated carbocycles. The molecule has 0 spiro atoms. The van der Waals surface area contributed by atoms with Crippen molar-refractivity contribution in [3.63, 3.8) is 0 Å². The first-order chi connectivity index (χ1) is 14.5. The maximum atomic E-state index is 13.4. The molecule has 1 atom stereocenters. The number of rotatable bonds is 6. The van der Waals surface area contributed by atoms with Gasteiger partial charge in [0, 0.05) is 32.9 Å². The van der Waals surface area contributed by atoms with E-state index in [9.17, 15) is 9.90 Å². The van der Waals surface area contributed by atoms with Crippen molar-refractivity contribution >= 4 is 11.6 Å². The quantitative estimate of drug-likeness (QED) is 0.684. The highest BCUT2D eigenvalue weighted by atomic mass is 16.3. The number of benzene rings is 1. The second-order valence-electron chi connectivity index (χ2n) is 8.29. The largest absolute Gasteiger partial charge is 0.392 e. The molecular formula is C24H30N4O2. The third-order valence-corrected chi connectivity index (χ3v) is 5.93. The Labute approximate surface area is 177 Å². The number of β-amino-alcohol motifs (C(OH)–C–C–N with tert-alkyl or cyclic N) is 1. The Balaban J connectivity index is 1.60. The Morgan fingerprint density at radius 1 is 1.23 bits per heavy atom. The first-order valence-corrected chi connectivity index (χ1v) is 10.7. The normalized spacial score (nSPS) is 17.4. The summed E-state index contributed by atoms with van der Waals surface area (Å²) >= 11 is 0. The zero-order valence-electron chi connectivity index (χ0n) is 17.8. The van der Waals surface area contributed by atoms with Gasteiger partial charge in [0.2, 0.25) is 0 Å². The number of carbonyl (C=O) groups excluding carboxylic acids is 1. The van der Waals surface area contributed by atoms with Crippen molar-refractivity contribution in [2.75, 3.05) is 26.7 Å². The number of hydrogen-bond donors (Lipinski definition) is 1. The molecule has 2 aromatic heterocycles. The third kappa shape index (κ3) is 4.40. The van der Waals surface area contributed by atoms with Gasteiger partial charge in [-0.15, -0.1) is 0 Å². The summed E-state index contributed by atoms with van der Waals surface area (Å²) in [5.41, 5.74) is 4.50. The van der Waals surface area contributed by atoms with E-state index in [-0.39, 0.29) is 12.0 Å². The van der Waals surface area contributed by atoms with Crippen LogP contribution in [0.15, 0.2) is 48.7 Å². The Morgan fingerprint density at radius 3 is 2.80 bits per heavy atom. The van der Waals surface area contributed by atoms with Crippen LogP contribution < -0.4 is 0 Å². The predicted octanol–water partition coefficient (Wildman–Crippen LogP) is 2.91. The first kappa shape index (κ1) is 20.6. The number of carbonyl (C=O) groups is 1. The molecule has 0 bridgehead atoms. The van der Waals surface area contributed by atoms with Crippen molar-refractivity contribution in [1.29, 1.82) is 0 Å². The molecular weight excluding hydrogens is 376 g/mol. The molecule has 1 saturated heterocycles. The maximum Gasteiger partial charge on any atom is 0.274 e. The minimum absolute atomic E-state index is 0.0541. The van der Waals surface area contributed by atoms with E-state index in [1.165, 1.54) is 5.56 Å². The molecule has 3 aromatic rings. The molecule has 1 aliphatic heterocycles. The third-order valence-electron chi connectivity index (χ3n) is 5.93. The zero-order chi connectivity index (χ0) is 21.1. The van der Waals surface area contributed by atoms with Crippen LogP contribution in [0.5, 0.6) is 0 Å². The lowest BCUT2D eigenvalue weighted by Crippen LogP contribution is -2.38. The molecule has 1 aliphatic rings. The summed E-state index contributed by atoms with van der Waals surface area (Å²) in [6.45, 7) is 4.82. The average Bonchev–Trinajstić information content (AvgIpc) is 3.12. The van der Waals surface area contributed by atoms with Gasteiger partial charge in [0.1, 0.15) is 5.65 Å². The van der Waals surface area contributed by atoms with Gasteiger partial charge in [-0.05, 0) is 49.9 Å². The van der Waals surface area contributed by atoms with Gasteiger partial charge in [0.05, 0.1) is 11.8 Å². The number of amides is 1. The molecule has 1 amide bonds. The van der Waals surface area contributed by atoms with Crippen LogP contribution >= 0.6 is 0 Å². The van der Waals surface area contributed by atoms with Crippen LogP contribution in [0, 0.1) is 6.92 Å². The van der Waals surface area contributed by atoms with E-state index in [1.54, 1.807) is 4.90 Å². The maximum absolute atomic E-state index is 13.4. The van der Waals surface area contributed by atoms with Crippen LogP contribution in [0.1, 0.15) is 40.2 Å². The molecule has 0 aliphatic carbocycles. The van der Waals surface area contributed by atoms with E-state index in [0.29, 0.717) is 25.3 Å². The summed E-state index contributed by atoms with van der Waals surface area (Å²) < 4.78 is 2.04. The second kappa shape index (κ2) is 8.98. The number of nitrogens with zero attached hydrogens (tertiary/aromatic N) is 4. The van der Waals surface area contributed by atoms with Crippen molar-refractivity contribution < 1.29 is 9.90 Å². The number of pyridine rings is 1. The molecule has 0 unspecified atom stereocenters. The number of piperidine rings is 1. The van der Waals surface area contributed by atoms with Gasteiger partial charge < -0.3 is 14.4 Å². The number of aryl methyl sites for hydroxylation is 1. The van der Waals surface area contributed by atoms with E-state index >= 15 is 0 Å². The Morgan fingerprint density at radius 2 is 2.03 bits per heavy atom. The van der Waals surface area contributed by atoms with Crippen molar-refractivity contribution in [2.24, 2.45) is 0 Å². The summed E-state index contributed by atoms with van der Waals surface area (Å²) in [7, 11) is 1.84. The lowest BCUT2D eigenvalue weighted by Gasteiger charge is -2.30. The summed E-state index contributed by atoms with van der Waals surface area (Å²) in [5.74, 6) is -0.0541. The van der Waals surface area contributed by atoms with Crippen LogP contribution in [-0.4, -0.2) is 63.0 Å². The van der Waals surface area contributed by atoms with E-state index in [4.69, 9.17) is 4.98 Å². The smallest absolute Gasteiger partial charge is 0.274 e. The molecule has 4 rings (SSSR count). The van der Waals surface area contributed by atoms with Gasteiger partial charge in [-0.25, -0.2) is 4.98 Å². The number of aliphatic hydroxyl groups is 1. The van der Waals surface area contributed by atoms with Gasteiger partial charge in [-0.2, -0.15) is 0 Å². The molecule has 6 nitrogen and oxygen atoms in total. The molecule has 0 radical (unpaired) electrons. The van der Waals surface area contributed by atoms with Gasteiger partial charge in [-0.1, -0.05) is 36.4 Å². The summed E-state index contributed by atoms with van der Waals surface area (Å²) in [5, 5.41) is 10.1. The molecule has 158 valence electrons. The number of imidazole rings is 1. The van der Waals surface area contributed by atoms with Gasteiger partial charge >= 0.3 is 0 Å². The first-order valence-electron chi connectivity index (χ1n) is 10.7. The lowest BCUT2D eigenvalue weighted by molar-refractivity contribution is 0.0654. The molecule has 3 heterocycles. The highest BCUT2D eigenvalue weighted by molar-refractivity contribution is 5.94. The van der Waals surface area contributed by atoms with Crippen molar-refractivity contribution in [2.45, 2.75) is 38.8 Å². The molecule has 1 N–H and O–H groups in total. The van der Waals surface area contributed by atoms with Crippen LogP contribution in [0.2, 0.25) is 0 Å². The predicted molar refractivity (Wildman–Crippen MR) is 118 cm³/mol. The van der Waals surface area contributed by atoms with Crippen LogP contribution in [0.25, 0.3) is 5.65 Å². The van der Waals surface area contributed by atoms with E-state index in [0.717, 1.165) is 42.7 Å². The van der Waals surface area contributed by atoms with Crippen molar-refractivity contribution in [3.05, 3.63) is 71.2 Å². The monoisotopic (exact) mass is 406 g/mol. The Bertz CT molecular complexity index is 1010. The SMILES string of the molecule is Cc1cccn2c(CN3CCC[C@H](O)C3)c(C(=O)N(C)CCc3ccccc3)nc12. The fourth-order valence-electron chi connectivity index (χ4n) is 4.19. The number of fused-ring (bicyclic) bond motifs is 1. The molecule has 1 aromatic carbocycles. The zero-order valence-corrected chi connectivity index (χ0v) is 17.8. The minimum atomic E-state index is -0.299. The van der Waals surface area contributed by atoms with Crippen molar-refractivity contribution in [3.8, 4) is 0 Å². The average molecular weight is 407 g/mol. The number of aliphatic hydroxyl groups excluding tert-OH is 1. The molecule has 1 fully saturated rings. The second-order valence-corrected chi connectivity index (χ2v) is 8.29. The summed E-state index contributed by atoms with van der Waals surface area (Å²) in [6.07, 6.45) is 4.30. The highest BCUT2D eigenvalue weighted by Crippen LogP contribution is 2.21.